The molecule has 0 fully saturated rings. The zero-order valence-electron chi connectivity index (χ0n) is 15.1. The first-order chi connectivity index (χ1) is 12.0. The molecule has 0 radical (unpaired) electrons. The fraction of sp³-hybridized carbons (Fsp3) is 0.412. The lowest BCUT2D eigenvalue weighted by molar-refractivity contribution is 0.119. The summed E-state index contributed by atoms with van der Waals surface area (Å²) in [6.07, 6.45) is 0.0175. The molecule has 3 aromatic rings. The fourth-order valence-electron chi connectivity index (χ4n) is 2.50. The number of hydrogen-bond donors (Lipinski definition) is 0. The third kappa shape index (κ3) is 3.85. The van der Waals surface area contributed by atoms with Crippen molar-refractivity contribution in [2.45, 2.75) is 33.4 Å². The van der Waals surface area contributed by atoms with Gasteiger partial charge in [0.25, 0.3) is 0 Å². The molecular formula is C17H22N6OS. The third-order valence-electron chi connectivity index (χ3n) is 3.92. The average molecular weight is 358 g/mol. The highest BCUT2D eigenvalue weighted by molar-refractivity contribution is 7.09. The quantitative estimate of drug-likeness (QED) is 0.674. The number of methoxy groups -OCH3 is 1. The standard InChI is InChI=1S/C17H22N6OS/c1-11-8-12(2)23(21-11)16-7-6-15(19-20-16)22(4)9-14-10-25-17(18-14)13(3)24-5/h6-8,10,13H,9H2,1-5H3. The highest BCUT2D eigenvalue weighted by Gasteiger charge is 2.12. The number of thiazole rings is 1. The summed E-state index contributed by atoms with van der Waals surface area (Å²) in [7, 11) is 3.67. The summed E-state index contributed by atoms with van der Waals surface area (Å²) in [6.45, 7) is 6.63. The number of rotatable bonds is 6. The molecule has 1 atom stereocenters. The van der Waals surface area contributed by atoms with Gasteiger partial charge in [-0.15, -0.1) is 21.5 Å². The van der Waals surface area contributed by atoms with Crippen LogP contribution in [0.1, 0.15) is 35.1 Å². The Morgan fingerprint density at radius 2 is 2.08 bits per heavy atom. The van der Waals surface area contributed by atoms with Gasteiger partial charge in [-0.1, -0.05) is 0 Å². The molecule has 0 spiro atoms. The second-order valence-corrected chi connectivity index (χ2v) is 6.89. The van der Waals surface area contributed by atoms with E-state index in [-0.39, 0.29) is 6.10 Å². The van der Waals surface area contributed by atoms with Crippen molar-refractivity contribution in [3.8, 4) is 5.82 Å². The van der Waals surface area contributed by atoms with Crippen molar-refractivity contribution in [2.75, 3.05) is 19.1 Å². The van der Waals surface area contributed by atoms with Gasteiger partial charge in [0.05, 0.1) is 17.9 Å². The highest BCUT2D eigenvalue weighted by Crippen LogP contribution is 2.22. The molecule has 0 aliphatic heterocycles. The first-order valence-corrected chi connectivity index (χ1v) is 8.91. The van der Waals surface area contributed by atoms with E-state index in [0.717, 1.165) is 27.9 Å². The van der Waals surface area contributed by atoms with Gasteiger partial charge in [0.15, 0.2) is 11.6 Å². The van der Waals surface area contributed by atoms with Gasteiger partial charge < -0.3 is 9.64 Å². The van der Waals surface area contributed by atoms with Crippen molar-refractivity contribution >= 4 is 17.2 Å². The molecule has 132 valence electrons. The average Bonchev–Trinajstić information content (AvgIpc) is 3.20. The molecule has 0 aliphatic carbocycles. The van der Waals surface area contributed by atoms with Gasteiger partial charge >= 0.3 is 0 Å². The number of nitrogens with zero attached hydrogens (tertiary/aromatic N) is 6. The summed E-state index contributed by atoms with van der Waals surface area (Å²) in [6, 6.07) is 5.89. The summed E-state index contributed by atoms with van der Waals surface area (Å²) in [5.74, 6) is 1.51. The lowest BCUT2D eigenvalue weighted by Crippen LogP contribution is -2.19. The summed E-state index contributed by atoms with van der Waals surface area (Å²) in [5.41, 5.74) is 3.00. The molecular weight excluding hydrogens is 336 g/mol. The third-order valence-corrected chi connectivity index (χ3v) is 4.98. The van der Waals surface area contributed by atoms with E-state index in [1.165, 1.54) is 0 Å². The minimum absolute atomic E-state index is 0.0175. The number of hydrogen-bond acceptors (Lipinski definition) is 7. The fourth-order valence-corrected chi connectivity index (χ4v) is 3.34. The molecule has 7 nitrogen and oxygen atoms in total. The Morgan fingerprint density at radius 1 is 1.28 bits per heavy atom. The summed E-state index contributed by atoms with van der Waals surface area (Å²) in [4.78, 5) is 6.64. The first kappa shape index (κ1) is 17.5. The predicted molar refractivity (Wildman–Crippen MR) is 98.3 cm³/mol. The lowest BCUT2D eigenvalue weighted by atomic mass is 10.4. The van der Waals surface area contributed by atoms with E-state index >= 15 is 0 Å². The molecule has 0 aromatic carbocycles. The van der Waals surface area contributed by atoms with Crippen LogP contribution >= 0.6 is 11.3 Å². The van der Waals surface area contributed by atoms with Crippen LogP contribution in [0.3, 0.4) is 0 Å². The zero-order chi connectivity index (χ0) is 18.0. The Balaban J connectivity index is 1.71. The van der Waals surface area contributed by atoms with Crippen LogP contribution in [0.25, 0.3) is 5.82 Å². The van der Waals surface area contributed by atoms with Gasteiger partial charge in [0.1, 0.15) is 11.1 Å². The topological polar surface area (TPSA) is 69.0 Å². The molecule has 3 rings (SSSR count). The van der Waals surface area contributed by atoms with Crippen LogP contribution in [0.4, 0.5) is 5.82 Å². The minimum atomic E-state index is 0.0175. The van der Waals surface area contributed by atoms with Crippen LogP contribution in [0.5, 0.6) is 0 Å². The Bertz CT molecular complexity index is 841. The Kier molecular flexibility index (Phi) is 5.10. The lowest BCUT2D eigenvalue weighted by Gasteiger charge is -2.16. The molecule has 0 saturated carbocycles. The molecule has 1 unspecified atom stereocenters. The van der Waals surface area contributed by atoms with Crippen LogP contribution in [0.15, 0.2) is 23.6 Å². The maximum atomic E-state index is 5.31. The van der Waals surface area contributed by atoms with E-state index < -0.39 is 0 Å². The SMILES string of the molecule is COC(C)c1nc(CN(C)c2ccc(-n3nc(C)cc3C)nn2)cs1. The number of aryl methyl sites for hydroxylation is 2. The van der Waals surface area contributed by atoms with Crippen LogP contribution in [-0.4, -0.2) is 39.1 Å². The van der Waals surface area contributed by atoms with E-state index in [0.29, 0.717) is 12.4 Å². The zero-order valence-corrected chi connectivity index (χ0v) is 15.9. The largest absolute Gasteiger partial charge is 0.375 e. The Morgan fingerprint density at radius 3 is 2.68 bits per heavy atom. The van der Waals surface area contributed by atoms with Gasteiger partial charge in [-0.25, -0.2) is 9.67 Å². The van der Waals surface area contributed by atoms with Gasteiger partial charge in [0.2, 0.25) is 0 Å². The van der Waals surface area contributed by atoms with Crippen molar-refractivity contribution in [1.29, 1.82) is 0 Å². The molecule has 0 N–H and O–H groups in total. The molecule has 3 heterocycles. The van der Waals surface area contributed by atoms with Gasteiger partial charge in [-0.05, 0) is 39.0 Å². The number of anilines is 1. The second kappa shape index (κ2) is 7.28. The maximum absolute atomic E-state index is 5.31. The Hall–Kier alpha value is -2.32. The van der Waals surface area contributed by atoms with Crippen molar-refractivity contribution in [3.63, 3.8) is 0 Å². The smallest absolute Gasteiger partial charge is 0.176 e. The van der Waals surface area contributed by atoms with Crippen LogP contribution in [0.2, 0.25) is 0 Å². The first-order valence-electron chi connectivity index (χ1n) is 8.03. The van der Waals surface area contributed by atoms with E-state index in [4.69, 9.17) is 4.74 Å². The van der Waals surface area contributed by atoms with Crippen molar-refractivity contribution < 1.29 is 4.74 Å². The van der Waals surface area contributed by atoms with Crippen LogP contribution in [-0.2, 0) is 11.3 Å². The van der Waals surface area contributed by atoms with Gasteiger partial charge in [0, 0.05) is 25.2 Å². The van der Waals surface area contributed by atoms with Gasteiger partial charge in [-0.2, -0.15) is 5.10 Å². The van der Waals surface area contributed by atoms with E-state index in [9.17, 15) is 0 Å². The van der Waals surface area contributed by atoms with Crippen LogP contribution in [0, 0.1) is 13.8 Å². The molecule has 0 aliphatic rings. The predicted octanol–water partition coefficient (Wildman–Crippen LogP) is 3.08. The van der Waals surface area contributed by atoms with Crippen molar-refractivity contribution in [3.05, 3.63) is 45.7 Å². The molecule has 0 amide bonds. The summed E-state index contributed by atoms with van der Waals surface area (Å²) >= 11 is 1.61. The highest BCUT2D eigenvalue weighted by atomic mass is 32.1. The van der Waals surface area contributed by atoms with Crippen molar-refractivity contribution in [1.82, 2.24) is 25.0 Å². The Labute approximate surface area is 151 Å². The van der Waals surface area contributed by atoms with Crippen molar-refractivity contribution in [2.24, 2.45) is 0 Å². The normalized spacial score (nSPS) is 12.4. The van der Waals surface area contributed by atoms with E-state index in [1.54, 1.807) is 23.1 Å². The van der Waals surface area contributed by atoms with Gasteiger partial charge in [-0.3, -0.25) is 0 Å². The van der Waals surface area contributed by atoms with Crippen LogP contribution < -0.4 is 4.90 Å². The minimum Gasteiger partial charge on any atom is -0.375 e. The second-order valence-electron chi connectivity index (χ2n) is 6.00. The summed E-state index contributed by atoms with van der Waals surface area (Å²) < 4.78 is 7.11. The molecule has 25 heavy (non-hydrogen) atoms. The molecule has 3 aromatic heterocycles. The molecule has 0 saturated heterocycles. The maximum Gasteiger partial charge on any atom is 0.176 e. The number of ether oxygens (including phenoxy) is 1. The van der Waals surface area contributed by atoms with E-state index in [2.05, 4.69) is 25.7 Å². The monoisotopic (exact) mass is 358 g/mol. The molecule has 8 heteroatoms. The van der Waals surface area contributed by atoms with E-state index in [1.807, 2.05) is 50.9 Å². The number of aromatic nitrogens is 5. The summed E-state index contributed by atoms with van der Waals surface area (Å²) in [5, 5.41) is 16.1. The molecule has 0 bridgehead atoms.